The largest absolute Gasteiger partial charge is 0.311 e. The molecular weight excluding hydrogens is 915 g/mol. The number of benzene rings is 11. The molecule has 4 aliphatic heterocycles. The van der Waals surface area contributed by atoms with Crippen molar-refractivity contribution in [1.29, 1.82) is 0 Å². The van der Waals surface area contributed by atoms with E-state index in [1.165, 1.54) is 110 Å². The highest BCUT2D eigenvalue weighted by atomic mass is 28.3. The van der Waals surface area contributed by atoms with Crippen LogP contribution < -0.4 is 51.0 Å². The zero-order valence-electron chi connectivity index (χ0n) is 40.4. The minimum Gasteiger partial charge on any atom is -0.311 e. The molecule has 3 nitrogen and oxygen atoms in total. The lowest BCUT2D eigenvalue weighted by Gasteiger charge is -2.57. The van der Waals surface area contributed by atoms with E-state index < -0.39 is 22.3 Å². The Bertz CT molecular complexity index is 3880. The fraction of sp³-hybridized carbons (Fsp3) is 0.0294. The summed E-state index contributed by atoms with van der Waals surface area (Å²) in [5, 5.41) is 10.1. The molecule has 15 rings (SSSR count). The Kier molecular flexibility index (Phi) is 9.28. The van der Waals surface area contributed by atoms with Crippen molar-refractivity contribution < 1.29 is 0 Å². The molecule has 0 aromatic heterocycles. The van der Waals surface area contributed by atoms with Gasteiger partial charge in [-0.2, -0.15) is 0 Å². The first kappa shape index (κ1) is 42.0. The molecule has 0 N–H and O–H groups in total. The fourth-order valence-electron chi connectivity index (χ4n) is 13.8. The van der Waals surface area contributed by atoms with E-state index in [2.05, 4.69) is 295 Å². The maximum atomic E-state index is 2.79. The molecular formula is C68H49N3Si2. The predicted molar refractivity (Wildman–Crippen MR) is 310 cm³/mol. The third kappa shape index (κ3) is 5.63. The van der Waals surface area contributed by atoms with Crippen molar-refractivity contribution in [1.82, 2.24) is 0 Å². The molecule has 0 saturated carbocycles. The maximum Gasteiger partial charge on any atom is 0.188 e. The van der Waals surface area contributed by atoms with Crippen LogP contribution in [0.2, 0.25) is 0 Å². The Morgan fingerprint density at radius 3 is 1.45 bits per heavy atom. The van der Waals surface area contributed by atoms with Gasteiger partial charge in [0.2, 0.25) is 0 Å². The monoisotopic (exact) mass is 963 g/mol. The van der Waals surface area contributed by atoms with Crippen molar-refractivity contribution in [2.45, 2.75) is 12.3 Å². The van der Waals surface area contributed by atoms with Crippen molar-refractivity contribution in [3.05, 3.63) is 301 Å². The SMILES string of the molecule is Cc1ccccc1N(c1ccccc1)c1ccccc1[SiH]1c2cccc3c2N2c4c1cccc4[Si]1(c4ccccc4N(c4ccccc4)c4ccccc41)c1cccc(c12)C3(c1ccccc1)c1ccccc1. The zero-order valence-corrected chi connectivity index (χ0v) is 42.6. The smallest absolute Gasteiger partial charge is 0.188 e. The van der Waals surface area contributed by atoms with Gasteiger partial charge in [0.05, 0.1) is 16.8 Å². The van der Waals surface area contributed by atoms with Crippen LogP contribution in [0.25, 0.3) is 0 Å². The van der Waals surface area contributed by atoms with Crippen LogP contribution in [0, 0.1) is 6.92 Å². The molecule has 0 saturated heterocycles. The normalized spacial score (nSPS) is 15.5. The lowest BCUT2D eigenvalue weighted by atomic mass is 9.62. The number of anilines is 9. The summed E-state index contributed by atoms with van der Waals surface area (Å²) in [7, 11) is -5.64. The molecule has 0 fully saturated rings. The molecule has 1 atom stereocenters. The van der Waals surface area contributed by atoms with Gasteiger partial charge >= 0.3 is 0 Å². The molecule has 5 heteroatoms. The second-order valence-corrected chi connectivity index (χ2v) is 26.3. The lowest BCUT2D eigenvalue weighted by molar-refractivity contribution is 0.733. The van der Waals surface area contributed by atoms with Crippen LogP contribution in [-0.4, -0.2) is 16.9 Å². The first-order chi connectivity index (χ1) is 36.2. The summed E-state index contributed by atoms with van der Waals surface area (Å²) in [5.41, 5.74) is 17.1. The van der Waals surface area contributed by atoms with Gasteiger partial charge in [0, 0.05) is 39.8 Å². The topological polar surface area (TPSA) is 9.72 Å². The first-order valence-corrected chi connectivity index (χ1v) is 29.3. The van der Waals surface area contributed by atoms with Gasteiger partial charge in [-0.25, -0.2) is 0 Å². The summed E-state index contributed by atoms with van der Waals surface area (Å²) < 4.78 is 0. The fourth-order valence-corrected chi connectivity index (χ4v) is 23.0. The predicted octanol–water partition coefficient (Wildman–Crippen LogP) is 11.7. The summed E-state index contributed by atoms with van der Waals surface area (Å²) in [4.78, 5) is 7.85. The van der Waals surface area contributed by atoms with Crippen LogP contribution >= 0.6 is 0 Å². The first-order valence-electron chi connectivity index (χ1n) is 25.6. The molecule has 0 aliphatic carbocycles. The van der Waals surface area contributed by atoms with Crippen molar-refractivity contribution in [2.75, 3.05) is 14.7 Å². The Hall–Kier alpha value is -8.75. The van der Waals surface area contributed by atoms with E-state index in [1.54, 1.807) is 0 Å². The minimum atomic E-state index is -3.22. The van der Waals surface area contributed by atoms with Gasteiger partial charge in [-0.05, 0) is 120 Å². The summed E-state index contributed by atoms with van der Waals surface area (Å²) in [6.45, 7) is 2.25. The molecule has 0 radical (unpaired) electrons. The third-order valence-corrected chi connectivity index (χ3v) is 24.6. The molecule has 11 aromatic rings. The van der Waals surface area contributed by atoms with Crippen LogP contribution in [-0.2, 0) is 5.41 Å². The molecule has 4 heterocycles. The average Bonchev–Trinajstić information content (AvgIpc) is 3.47. The number of nitrogens with zero attached hydrogens (tertiary/aromatic N) is 3. The Morgan fingerprint density at radius 1 is 0.356 bits per heavy atom. The molecule has 4 aliphatic rings. The van der Waals surface area contributed by atoms with Gasteiger partial charge in [0.25, 0.3) is 0 Å². The molecule has 344 valence electrons. The molecule has 73 heavy (non-hydrogen) atoms. The average molecular weight is 964 g/mol. The third-order valence-electron chi connectivity index (χ3n) is 16.5. The van der Waals surface area contributed by atoms with Crippen LogP contribution in [0.1, 0.15) is 27.8 Å². The highest BCUT2D eigenvalue weighted by molar-refractivity contribution is 7.23. The maximum absolute atomic E-state index is 3.22. The molecule has 0 amide bonds. The van der Waals surface area contributed by atoms with Gasteiger partial charge in [0.15, 0.2) is 8.07 Å². The van der Waals surface area contributed by atoms with E-state index in [1.807, 2.05) is 0 Å². The number of rotatable bonds is 7. The summed E-state index contributed by atoms with van der Waals surface area (Å²) in [5.74, 6) is 0. The number of para-hydroxylation sites is 9. The van der Waals surface area contributed by atoms with E-state index in [9.17, 15) is 0 Å². The van der Waals surface area contributed by atoms with Gasteiger partial charge in [-0.1, -0.05) is 224 Å². The molecule has 0 bridgehead atoms. The van der Waals surface area contributed by atoms with Gasteiger partial charge in [0.1, 0.15) is 8.80 Å². The molecule has 1 unspecified atom stereocenters. The van der Waals surface area contributed by atoms with Crippen LogP contribution in [0.5, 0.6) is 0 Å². The zero-order chi connectivity index (χ0) is 48.3. The Morgan fingerprint density at radius 2 is 0.808 bits per heavy atom. The summed E-state index contributed by atoms with van der Waals surface area (Å²) in [6.07, 6.45) is 0. The van der Waals surface area contributed by atoms with Crippen LogP contribution in [0.3, 0.4) is 0 Å². The quantitative estimate of drug-likeness (QED) is 0.147. The summed E-state index contributed by atoms with van der Waals surface area (Å²) >= 11 is 0. The van der Waals surface area contributed by atoms with E-state index in [0.29, 0.717) is 0 Å². The van der Waals surface area contributed by atoms with Crippen LogP contribution in [0.4, 0.5) is 51.2 Å². The van der Waals surface area contributed by atoms with Crippen molar-refractivity contribution in [3.63, 3.8) is 0 Å². The molecule has 1 spiro atoms. The van der Waals surface area contributed by atoms with Crippen molar-refractivity contribution >= 4 is 104 Å². The lowest BCUT2D eigenvalue weighted by Crippen LogP contribution is -2.81. The standard InChI is InChI=1S/C68H49N3Si2/c1-47-25-14-15-36-54(47)69(50-30-10-4-11-31-50)55-37-16-19-40-58(55)72-59-41-22-34-52-65(59)71-66-53(68(52,48-26-6-2-7-27-48)49-28-8-3-9-29-49)35-23-45-63(66)73(64-46-24-42-60(72)67(64)71)61-43-20-17-38-56(61)70(51-32-12-5-13-33-51)57-39-18-21-44-62(57)73/h2-46,72H,1H3. The van der Waals surface area contributed by atoms with Crippen molar-refractivity contribution in [3.8, 4) is 0 Å². The van der Waals surface area contributed by atoms with E-state index in [0.717, 1.165) is 5.69 Å². The van der Waals surface area contributed by atoms with Gasteiger partial charge in [-0.3, -0.25) is 0 Å². The highest BCUT2D eigenvalue weighted by Crippen LogP contribution is 2.59. The van der Waals surface area contributed by atoms with Gasteiger partial charge in [-0.15, -0.1) is 0 Å². The van der Waals surface area contributed by atoms with Crippen LogP contribution in [0.15, 0.2) is 273 Å². The van der Waals surface area contributed by atoms with Crippen molar-refractivity contribution in [2.24, 2.45) is 0 Å². The Labute approximate surface area is 429 Å². The number of hydrogen-bond acceptors (Lipinski definition) is 3. The molecule has 11 aromatic carbocycles. The van der Waals surface area contributed by atoms with Gasteiger partial charge < -0.3 is 14.7 Å². The van der Waals surface area contributed by atoms with E-state index >= 15 is 0 Å². The number of hydrogen-bond donors (Lipinski definition) is 0. The second kappa shape index (κ2) is 16.1. The second-order valence-electron chi connectivity index (χ2n) is 19.9. The Balaban J connectivity index is 1.13. The highest BCUT2D eigenvalue weighted by Gasteiger charge is 2.60. The minimum absolute atomic E-state index is 0.644. The number of fused-ring (bicyclic) bond motifs is 6. The number of aryl methyl sites for hydroxylation is 1. The summed E-state index contributed by atoms with van der Waals surface area (Å²) in [6, 6.07) is 104. The van der Waals surface area contributed by atoms with E-state index in [-0.39, 0.29) is 0 Å². The van der Waals surface area contributed by atoms with E-state index in [4.69, 9.17) is 0 Å².